The van der Waals surface area contributed by atoms with E-state index in [0.717, 1.165) is 15.9 Å². The number of aromatic nitrogens is 4. The summed E-state index contributed by atoms with van der Waals surface area (Å²) in [7, 11) is 0. The third kappa shape index (κ3) is 5.63. The number of nitrogens with zero attached hydrogens (tertiary/aromatic N) is 4. The number of tetrazole rings is 1. The van der Waals surface area contributed by atoms with Crippen LogP contribution in [0.4, 0.5) is 5.69 Å². The number of hydrogen-bond acceptors (Lipinski definition) is 7. The molecule has 2 aromatic carbocycles. The van der Waals surface area contributed by atoms with Gasteiger partial charge in [-0.15, -0.1) is 10.2 Å². The SMILES string of the molecule is CCOc1ccc(NC(=O)[C@H](C)OC(=O)Cn2nnc(-c3ccc(C)cc3)n2)cc1. The standard InChI is InChI=1S/C21H23N5O4/c1-4-29-18-11-9-17(10-12-18)22-21(28)15(3)30-19(27)13-26-24-20(23-25-26)16-7-5-14(2)6-8-16/h5-12,15H,4,13H2,1-3H3,(H,22,28)/t15-/m0/s1. The van der Waals surface area contributed by atoms with Gasteiger partial charge in [-0.05, 0) is 50.3 Å². The minimum absolute atomic E-state index is 0.250. The molecule has 0 aliphatic heterocycles. The van der Waals surface area contributed by atoms with Gasteiger partial charge in [-0.25, -0.2) is 4.79 Å². The lowest BCUT2D eigenvalue weighted by atomic mass is 10.1. The number of nitrogens with one attached hydrogen (secondary N) is 1. The molecule has 3 rings (SSSR count). The zero-order valence-electron chi connectivity index (χ0n) is 17.0. The average Bonchev–Trinajstić information content (AvgIpc) is 3.18. The van der Waals surface area contributed by atoms with Crippen LogP contribution in [-0.4, -0.2) is 44.8 Å². The summed E-state index contributed by atoms with van der Waals surface area (Å²) in [6.45, 7) is 5.68. The molecule has 1 heterocycles. The number of amides is 1. The van der Waals surface area contributed by atoms with E-state index in [1.54, 1.807) is 24.3 Å². The van der Waals surface area contributed by atoms with E-state index in [2.05, 4.69) is 20.7 Å². The van der Waals surface area contributed by atoms with Gasteiger partial charge >= 0.3 is 5.97 Å². The van der Waals surface area contributed by atoms with E-state index in [9.17, 15) is 9.59 Å². The second-order valence-corrected chi connectivity index (χ2v) is 6.59. The highest BCUT2D eigenvalue weighted by Gasteiger charge is 2.19. The highest BCUT2D eigenvalue weighted by atomic mass is 16.5. The summed E-state index contributed by atoms with van der Waals surface area (Å²) in [5.74, 6) is 0.0287. The zero-order chi connectivity index (χ0) is 21.5. The first-order chi connectivity index (χ1) is 14.4. The summed E-state index contributed by atoms with van der Waals surface area (Å²) in [5, 5.41) is 14.7. The molecule has 1 atom stereocenters. The number of benzene rings is 2. The minimum Gasteiger partial charge on any atom is -0.494 e. The Balaban J connectivity index is 1.51. The lowest BCUT2D eigenvalue weighted by molar-refractivity contribution is -0.154. The van der Waals surface area contributed by atoms with Crippen LogP contribution in [0.5, 0.6) is 5.75 Å². The average molecular weight is 409 g/mol. The quantitative estimate of drug-likeness (QED) is 0.570. The Hall–Kier alpha value is -3.75. The molecular formula is C21H23N5O4. The van der Waals surface area contributed by atoms with Crippen molar-refractivity contribution in [1.29, 1.82) is 0 Å². The number of hydrogen-bond donors (Lipinski definition) is 1. The van der Waals surface area contributed by atoms with Crippen LogP contribution in [0, 0.1) is 6.92 Å². The molecule has 0 saturated heterocycles. The van der Waals surface area contributed by atoms with Crippen molar-refractivity contribution in [3.63, 3.8) is 0 Å². The van der Waals surface area contributed by atoms with Gasteiger partial charge < -0.3 is 14.8 Å². The first kappa shape index (κ1) is 21.0. The number of ether oxygens (including phenoxy) is 2. The minimum atomic E-state index is -0.982. The number of esters is 1. The van der Waals surface area contributed by atoms with Crippen LogP contribution in [-0.2, 0) is 20.9 Å². The van der Waals surface area contributed by atoms with Crippen molar-refractivity contribution in [2.75, 3.05) is 11.9 Å². The van der Waals surface area contributed by atoms with E-state index in [1.807, 2.05) is 38.1 Å². The molecule has 0 saturated carbocycles. The Morgan fingerprint density at radius 2 is 1.80 bits per heavy atom. The molecule has 0 spiro atoms. The van der Waals surface area contributed by atoms with E-state index < -0.39 is 18.0 Å². The monoisotopic (exact) mass is 409 g/mol. The van der Waals surface area contributed by atoms with E-state index in [1.165, 1.54) is 6.92 Å². The lowest BCUT2D eigenvalue weighted by Crippen LogP contribution is -2.31. The van der Waals surface area contributed by atoms with Crippen molar-refractivity contribution < 1.29 is 19.1 Å². The van der Waals surface area contributed by atoms with Crippen LogP contribution in [0.3, 0.4) is 0 Å². The third-order valence-corrected chi connectivity index (χ3v) is 4.14. The van der Waals surface area contributed by atoms with Gasteiger partial charge in [0, 0.05) is 11.3 Å². The molecular weight excluding hydrogens is 386 g/mol. The number of carbonyl (C=O) groups is 2. The summed E-state index contributed by atoms with van der Waals surface area (Å²) < 4.78 is 10.5. The fourth-order valence-electron chi connectivity index (χ4n) is 2.58. The molecule has 9 heteroatoms. The van der Waals surface area contributed by atoms with E-state index in [-0.39, 0.29) is 6.54 Å². The largest absolute Gasteiger partial charge is 0.494 e. The second-order valence-electron chi connectivity index (χ2n) is 6.59. The molecule has 30 heavy (non-hydrogen) atoms. The molecule has 0 aliphatic carbocycles. The maximum absolute atomic E-state index is 12.3. The van der Waals surface area contributed by atoms with Crippen molar-refractivity contribution in [2.45, 2.75) is 33.4 Å². The zero-order valence-corrected chi connectivity index (χ0v) is 17.0. The second kappa shape index (κ2) is 9.64. The molecule has 1 N–H and O–H groups in total. The number of aryl methyl sites for hydroxylation is 1. The molecule has 0 bridgehead atoms. The Morgan fingerprint density at radius 3 is 2.47 bits per heavy atom. The molecule has 9 nitrogen and oxygen atoms in total. The van der Waals surface area contributed by atoms with Gasteiger partial charge in [-0.1, -0.05) is 29.8 Å². The normalized spacial score (nSPS) is 11.6. The molecule has 0 unspecified atom stereocenters. The predicted molar refractivity (Wildman–Crippen MR) is 110 cm³/mol. The third-order valence-electron chi connectivity index (χ3n) is 4.14. The number of anilines is 1. The summed E-state index contributed by atoms with van der Waals surface area (Å²) in [6.07, 6.45) is -0.982. The maximum Gasteiger partial charge on any atom is 0.330 e. The Kier molecular flexibility index (Phi) is 6.74. The smallest absolute Gasteiger partial charge is 0.330 e. The fraction of sp³-hybridized carbons (Fsp3) is 0.286. The van der Waals surface area contributed by atoms with E-state index >= 15 is 0 Å². The Bertz CT molecular complexity index is 999. The summed E-state index contributed by atoms with van der Waals surface area (Å²) in [6, 6.07) is 14.6. The summed E-state index contributed by atoms with van der Waals surface area (Å²) in [4.78, 5) is 25.5. The van der Waals surface area contributed by atoms with Gasteiger partial charge in [0.05, 0.1) is 6.61 Å². The molecule has 0 radical (unpaired) electrons. The first-order valence-electron chi connectivity index (χ1n) is 9.52. The van der Waals surface area contributed by atoms with Crippen LogP contribution in [0.2, 0.25) is 0 Å². The van der Waals surface area contributed by atoms with Gasteiger partial charge in [0.2, 0.25) is 5.82 Å². The fourth-order valence-corrected chi connectivity index (χ4v) is 2.58. The van der Waals surface area contributed by atoms with Crippen LogP contribution >= 0.6 is 0 Å². The van der Waals surface area contributed by atoms with Crippen molar-refractivity contribution in [3.05, 3.63) is 54.1 Å². The maximum atomic E-state index is 12.3. The van der Waals surface area contributed by atoms with Crippen LogP contribution < -0.4 is 10.1 Å². The number of rotatable bonds is 8. The van der Waals surface area contributed by atoms with E-state index in [4.69, 9.17) is 9.47 Å². The van der Waals surface area contributed by atoms with Gasteiger partial charge in [-0.3, -0.25) is 4.79 Å². The Morgan fingerprint density at radius 1 is 1.10 bits per heavy atom. The molecule has 0 fully saturated rings. The van der Waals surface area contributed by atoms with Crippen molar-refractivity contribution in [3.8, 4) is 17.1 Å². The molecule has 3 aromatic rings. The molecule has 1 aromatic heterocycles. The topological polar surface area (TPSA) is 108 Å². The van der Waals surface area contributed by atoms with Gasteiger partial charge in [0.15, 0.2) is 12.6 Å². The Labute approximate surface area is 174 Å². The summed E-state index contributed by atoms with van der Waals surface area (Å²) in [5.41, 5.74) is 2.49. The van der Waals surface area contributed by atoms with Crippen LogP contribution in [0.15, 0.2) is 48.5 Å². The van der Waals surface area contributed by atoms with Gasteiger partial charge in [-0.2, -0.15) is 4.80 Å². The van der Waals surface area contributed by atoms with Crippen molar-refractivity contribution >= 4 is 17.6 Å². The van der Waals surface area contributed by atoms with E-state index in [0.29, 0.717) is 23.9 Å². The highest BCUT2D eigenvalue weighted by Crippen LogP contribution is 2.16. The van der Waals surface area contributed by atoms with Crippen molar-refractivity contribution in [1.82, 2.24) is 20.2 Å². The molecule has 0 aliphatic rings. The van der Waals surface area contributed by atoms with Crippen LogP contribution in [0.1, 0.15) is 19.4 Å². The van der Waals surface area contributed by atoms with Gasteiger partial charge in [0.25, 0.3) is 5.91 Å². The first-order valence-corrected chi connectivity index (χ1v) is 9.52. The molecule has 156 valence electrons. The predicted octanol–water partition coefficient (Wildman–Crippen LogP) is 2.62. The van der Waals surface area contributed by atoms with Crippen molar-refractivity contribution in [2.24, 2.45) is 0 Å². The van der Waals surface area contributed by atoms with Crippen LogP contribution in [0.25, 0.3) is 11.4 Å². The highest BCUT2D eigenvalue weighted by molar-refractivity contribution is 5.95. The molecule has 1 amide bonds. The van der Waals surface area contributed by atoms with Gasteiger partial charge in [0.1, 0.15) is 5.75 Å². The lowest BCUT2D eigenvalue weighted by Gasteiger charge is -2.13. The number of carbonyl (C=O) groups excluding carboxylic acids is 2. The summed E-state index contributed by atoms with van der Waals surface area (Å²) >= 11 is 0.